The molecule has 2 aromatic rings. The summed E-state index contributed by atoms with van der Waals surface area (Å²) in [5.41, 5.74) is 0.979. The summed E-state index contributed by atoms with van der Waals surface area (Å²) in [6.45, 7) is 8.49. The standard InChI is InChI=1S/C19H24N8O/c1-3-25(4-2)17-7-5-15(21-23-17)13-19(28)27-11-9-26(10-12-27)18-8-6-16(14-20)22-24-18/h5-8H,3-4,9-13H2,1-2H3. The lowest BCUT2D eigenvalue weighted by Gasteiger charge is -2.35. The smallest absolute Gasteiger partial charge is 0.228 e. The van der Waals surface area contributed by atoms with Gasteiger partial charge in [0.25, 0.3) is 0 Å². The van der Waals surface area contributed by atoms with Crippen molar-refractivity contribution in [3.63, 3.8) is 0 Å². The zero-order valence-electron chi connectivity index (χ0n) is 16.2. The fourth-order valence-corrected chi connectivity index (χ4v) is 3.17. The van der Waals surface area contributed by atoms with Crippen molar-refractivity contribution in [3.05, 3.63) is 35.7 Å². The molecule has 9 nitrogen and oxygen atoms in total. The normalized spacial score (nSPS) is 13.9. The summed E-state index contributed by atoms with van der Waals surface area (Å²) < 4.78 is 0. The van der Waals surface area contributed by atoms with E-state index >= 15 is 0 Å². The van der Waals surface area contributed by atoms with Crippen molar-refractivity contribution in [1.29, 1.82) is 5.26 Å². The second-order valence-corrected chi connectivity index (χ2v) is 6.49. The highest BCUT2D eigenvalue weighted by Gasteiger charge is 2.22. The molecule has 0 bridgehead atoms. The van der Waals surface area contributed by atoms with Crippen LogP contribution < -0.4 is 9.80 Å². The maximum Gasteiger partial charge on any atom is 0.228 e. The Kier molecular flexibility index (Phi) is 6.32. The number of piperazine rings is 1. The van der Waals surface area contributed by atoms with Gasteiger partial charge in [0.2, 0.25) is 5.91 Å². The molecule has 0 N–H and O–H groups in total. The minimum absolute atomic E-state index is 0.0513. The van der Waals surface area contributed by atoms with E-state index in [0.717, 1.165) is 24.7 Å². The molecule has 146 valence electrons. The zero-order valence-corrected chi connectivity index (χ0v) is 16.2. The highest BCUT2D eigenvalue weighted by molar-refractivity contribution is 5.78. The molecule has 0 spiro atoms. The summed E-state index contributed by atoms with van der Waals surface area (Å²) in [6.07, 6.45) is 0.252. The van der Waals surface area contributed by atoms with Gasteiger partial charge in [0, 0.05) is 39.3 Å². The maximum atomic E-state index is 12.6. The van der Waals surface area contributed by atoms with E-state index in [1.807, 2.05) is 23.1 Å². The van der Waals surface area contributed by atoms with Crippen molar-refractivity contribution in [1.82, 2.24) is 25.3 Å². The van der Waals surface area contributed by atoms with Crippen molar-refractivity contribution in [2.75, 3.05) is 49.1 Å². The van der Waals surface area contributed by atoms with Crippen LogP contribution in [0.15, 0.2) is 24.3 Å². The predicted octanol–water partition coefficient (Wildman–Crippen LogP) is 0.876. The Morgan fingerprint density at radius 3 is 2.32 bits per heavy atom. The molecular weight excluding hydrogens is 356 g/mol. The van der Waals surface area contributed by atoms with Gasteiger partial charge in [-0.1, -0.05) is 0 Å². The quantitative estimate of drug-likeness (QED) is 0.728. The van der Waals surface area contributed by atoms with Crippen molar-refractivity contribution < 1.29 is 4.79 Å². The van der Waals surface area contributed by atoms with Gasteiger partial charge < -0.3 is 14.7 Å². The van der Waals surface area contributed by atoms with E-state index in [9.17, 15) is 4.79 Å². The molecule has 28 heavy (non-hydrogen) atoms. The highest BCUT2D eigenvalue weighted by Crippen LogP contribution is 2.14. The van der Waals surface area contributed by atoms with Gasteiger partial charge in [-0.3, -0.25) is 4.79 Å². The summed E-state index contributed by atoms with van der Waals surface area (Å²) in [5.74, 6) is 1.61. The van der Waals surface area contributed by atoms with Crippen molar-refractivity contribution in [3.8, 4) is 6.07 Å². The van der Waals surface area contributed by atoms with Crippen LogP contribution >= 0.6 is 0 Å². The number of carbonyl (C=O) groups excluding carboxylic acids is 1. The van der Waals surface area contributed by atoms with E-state index in [4.69, 9.17) is 5.26 Å². The first-order chi connectivity index (χ1) is 13.6. The molecule has 1 saturated heterocycles. The van der Waals surface area contributed by atoms with Gasteiger partial charge in [0.05, 0.1) is 12.1 Å². The van der Waals surface area contributed by atoms with Crippen LogP contribution in [0.3, 0.4) is 0 Å². The minimum Gasteiger partial charge on any atom is -0.356 e. The number of aromatic nitrogens is 4. The Hall–Kier alpha value is -3.28. The Balaban J connectivity index is 1.53. The Morgan fingerprint density at radius 1 is 1.04 bits per heavy atom. The number of nitrogens with zero attached hydrogens (tertiary/aromatic N) is 8. The minimum atomic E-state index is 0.0513. The molecule has 2 aromatic heterocycles. The average molecular weight is 380 g/mol. The molecule has 1 aliphatic heterocycles. The SMILES string of the molecule is CCN(CC)c1ccc(CC(=O)N2CCN(c3ccc(C#N)nn3)CC2)nn1. The number of carbonyl (C=O) groups is 1. The van der Waals surface area contributed by atoms with Gasteiger partial charge in [-0.15, -0.1) is 15.3 Å². The van der Waals surface area contributed by atoms with Crippen molar-refractivity contribution >= 4 is 17.5 Å². The Morgan fingerprint density at radius 2 is 1.79 bits per heavy atom. The van der Waals surface area contributed by atoms with Crippen LogP contribution in [0.25, 0.3) is 0 Å². The van der Waals surface area contributed by atoms with Crippen molar-refractivity contribution in [2.24, 2.45) is 0 Å². The van der Waals surface area contributed by atoms with Gasteiger partial charge >= 0.3 is 0 Å². The molecule has 3 heterocycles. The van der Waals surface area contributed by atoms with E-state index < -0.39 is 0 Å². The predicted molar refractivity (Wildman–Crippen MR) is 105 cm³/mol. The molecule has 9 heteroatoms. The van der Waals surface area contributed by atoms with Gasteiger partial charge in [0.1, 0.15) is 6.07 Å². The molecule has 1 fully saturated rings. The summed E-state index contributed by atoms with van der Waals surface area (Å²) in [6, 6.07) is 9.20. The molecule has 0 aromatic carbocycles. The largest absolute Gasteiger partial charge is 0.356 e. The molecule has 0 radical (unpaired) electrons. The van der Waals surface area contributed by atoms with Crippen LogP contribution in [0.5, 0.6) is 0 Å². The molecule has 0 saturated carbocycles. The summed E-state index contributed by atoms with van der Waals surface area (Å²) >= 11 is 0. The van der Waals surface area contributed by atoms with Crippen LogP contribution in [0.1, 0.15) is 25.2 Å². The molecular formula is C19H24N8O. The van der Waals surface area contributed by atoms with Gasteiger partial charge in [-0.2, -0.15) is 10.4 Å². The number of amides is 1. The van der Waals surface area contributed by atoms with Crippen LogP contribution in [-0.4, -0.2) is 70.5 Å². The maximum absolute atomic E-state index is 12.6. The van der Waals surface area contributed by atoms with Crippen LogP contribution in [0, 0.1) is 11.3 Å². The third-order valence-corrected chi connectivity index (χ3v) is 4.85. The lowest BCUT2D eigenvalue weighted by atomic mass is 10.2. The van der Waals surface area contributed by atoms with Gasteiger partial charge in [-0.25, -0.2) is 0 Å². The Labute approximate surface area is 164 Å². The number of anilines is 2. The third kappa shape index (κ3) is 4.52. The van der Waals surface area contributed by atoms with Crippen LogP contribution in [0.4, 0.5) is 11.6 Å². The van der Waals surface area contributed by atoms with Gasteiger partial charge in [-0.05, 0) is 38.1 Å². The number of hydrogen-bond donors (Lipinski definition) is 0. The fraction of sp³-hybridized carbons (Fsp3) is 0.474. The summed E-state index contributed by atoms with van der Waals surface area (Å²) in [5, 5.41) is 25.2. The first-order valence-electron chi connectivity index (χ1n) is 9.48. The van der Waals surface area contributed by atoms with E-state index in [2.05, 4.69) is 44.0 Å². The summed E-state index contributed by atoms with van der Waals surface area (Å²) in [7, 11) is 0. The van der Waals surface area contributed by atoms with Crippen LogP contribution in [0.2, 0.25) is 0 Å². The van der Waals surface area contributed by atoms with E-state index in [1.54, 1.807) is 12.1 Å². The fourth-order valence-electron chi connectivity index (χ4n) is 3.17. The van der Waals surface area contributed by atoms with E-state index in [0.29, 0.717) is 37.6 Å². The first-order valence-corrected chi connectivity index (χ1v) is 9.48. The van der Waals surface area contributed by atoms with E-state index in [1.165, 1.54) is 0 Å². The monoisotopic (exact) mass is 380 g/mol. The molecule has 0 atom stereocenters. The molecule has 3 rings (SSSR count). The number of rotatable bonds is 6. The molecule has 0 aliphatic carbocycles. The zero-order chi connectivity index (χ0) is 19.9. The average Bonchev–Trinajstić information content (AvgIpc) is 2.76. The molecule has 1 amide bonds. The third-order valence-electron chi connectivity index (χ3n) is 4.85. The van der Waals surface area contributed by atoms with Crippen LogP contribution in [-0.2, 0) is 11.2 Å². The highest BCUT2D eigenvalue weighted by atomic mass is 16.2. The number of nitriles is 1. The van der Waals surface area contributed by atoms with E-state index in [-0.39, 0.29) is 12.3 Å². The molecule has 0 unspecified atom stereocenters. The first kappa shape index (κ1) is 19.5. The number of hydrogen-bond acceptors (Lipinski definition) is 8. The summed E-state index contributed by atoms with van der Waals surface area (Å²) in [4.78, 5) is 18.6. The molecule has 1 aliphatic rings. The second kappa shape index (κ2) is 9.08. The van der Waals surface area contributed by atoms with Crippen molar-refractivity contribution in [2.45, 2.75) is 20.3 Å². The lowest BCUT2D eigenvalue weighted by molar-refractivity contribution is -0.130. The van der Waals surface area contributed by atoms with Gasteiger partial charge in [0.15, 0.2) is 17.3 Å². The lowest BCUT2D eigenvalue weighted by Crippen LogP contribution is -2.49. The Bertz CT molecular complexity index is 819. The second-order valence-electron chi connectivity index (χ2n) is 6.49. The topological polar surface area (TPSA) is 102 Å².